The van der Waals surface area contributed by atoms with Crippen LogP contribution in [0.4, 0.5) is 0 Å². The van der Waals surface area contributed by atoms with E-state index in [1.807, 2.05) is 12.1 Å². The van der Waals surface area contributed by atoms with Crippen LogP contribution in [0.15, 0.2) is 36.4 Å². The second-order valence-corrected chi connectivity index (χ2v) is 6.95. The molecule has 0 aromatic heterocycles. The summed E-state index contributed by atoms with van der Waals surface area (Å²) in [6.45, 7) is 3.69. The number of nitrogens with zero attached hydrogens (tertiary/aromatic N) is 1. The lowest BCUT2D eigenvalue weighted by Gasteiger charge is -2.37. The van der Waals surface area contributed by atoms with Gasteiger partial charge in [-0.25, -0.2) is 0 Å². The summed E-state index contributed by atoms with van der Waals surface area (Å²) in [6.07, 6.45) is 9.88. The van der Waals surface area contributed by atoms with Crippen molar-refractivity contribution in [3.63, 3.8) is 0 Å². The van der Waals surface area contributed by atoms with Gasteiger partial charge in [-0.3, -0.25) is 0 Å². The van der Waals surface area contributed by atoms with Crippen molar-refractivity contribution < 1.29 is 5.11 Å². The van der Waals surface area contributed by atoms with E-state index in [1.54, 1.807) is 6.07 Å². The number of hydrogen-bond donors (Lipinski definition) is 1. The van der Waals surface area contributed by atoms with Crippen LogP contribution in [0.25, 0.3) is 0 Å². The molecule has 0 bridgehead atoms. The van der Waals surface area contributed by atoms with Crippen LogP contribution in [0.5, 0.6) is 5.75 Å². The van der Waals surface area contributed by atoms with E-state index < -0.39 is 0 Å². The molecule has 4 rings (SSSR count). The van der Waals surface area contributed by atoms with Gasteiger partial charge in [0.05, 0.1) is 0 Å². The maximum Gasteiger partial charge on any atom is 0.115 e. The van der Waals surface area contributed by atoms with Gasteiger partial charge < -0.3 is 10.0 Å². The van der Waals surface area contributed by atoms with Crippen LogP contribution in [-0.4, -0.2) is 29.6 Å². The highest BCUT2D eigenvalue weighted by Gasteiger charge is 2.48. The highest BCUT2D eigenvalue weighted by atomic mass is 16.3. The average molecular weight is 269 g/mol. The highest BCUT2D eigenvalue weighted by Crippen LogP contribution is 2.48. The number of rotatable bonds is 3. The number of likely N-dealkylation sites (tertiary alicyclic amines) is 1. The van der Waals surface area contributed by atoms with Crippen molar-refractivity contribution in [3.8, 4) is 5.75 Å². The molecule has 0 amide bonds. The Balaban J connectivity index is 1.66. The normalized spacial score (nSPS) is 33.3. The number of phenolic OH excluding ortho intramolecular Hbond substituents is 1. The van der Waals surface area contributed by atoms with Gasteiger partial charge in [-0.15, -0.1) is 0 Å². The van der Waals surface area contributed by atoms with Crippen molar-refractivity contribution in [3.05, 3.63) is 42.0 Å². The van der Waals surface area contributed by atoms with E-state index in [9.17, 15) is 5.11 Å². The Morgan fingerprint density at radius 2 is 2.15 bits per heavy atom. The first kappa shape index (κ1) is 12.5. The zero-order valence-electron chi connectivity index (χ0n) is 12.0. The number of phenols is 1. The zero-order valence-corrected chi connectivity index (χ0v) is 12.0. The van der Waals surface area contributed by atoms with Crippen molar-refractivity contribution in [2.45, 2.75) is 31.1 Å². The van der Waals surface area contributed by atoms with Gasteiger partial charge in [0, 0.05) is 25.0 Å². The van der Waals surface area contributed by atoms with E-state index in [0.717, 1.165) is 12.3 Å². The van der Waals surface area contributed by atoms with Crippen molar-refractivity contribution in [1.29, 1.82) is 0 Å². The molecule has 2 unspecified atom stereocenters. The van der Waals surface area contributed by atoms with E-state index >= 15 is 0 Å². The van der Waals surface area contributed by atoms with Gasteiger partial charge in [0.1, 0.15) is 5.75 Å². The first-order valence-electron chi connectivity index (χ1n) is 7.93. The smallest absolute Gasteiger partial charge is 0.115 e. The summed E-state index contributed by atoms with van der Waals surface area (Å²) in [4.78, 5) is 2.68. The average Bonchev–Trinajstić information content (AvgIpc) is 3.17. The molecule has 2 fully saturated rings. The van der Waals surface area contributed by atoms with Gasteiger partial charge in [0.15, 0.2) is 0 Å². The molecule has 1 heterocycles. The quantitative estimate of drug-likeness (QED) is 0.851. The minimum atomic E-state index is 0.238. The minimum absolute atomic E-state index is 0.238. The Hall–Kier alpha value is -1.28. The van der Waals surface area contributed by atoms with E-state index in [-0.39, 0.29) is 5.41 Å². The first-order valence-corrected chi connectivity index (χ1v) is 7.93. The molecule has 2 nitrogen and oxygen atoms in total. The molecule has 1 aromatic carbocycles. The first-order chi connectivity index (χ1) is 9.76. The van der Waals surface area contributed by atoms with Crippen LogP contribution in [0.3, 0.4) is 0 Å². The molecule has 1 N–H and O–H groups in total. The Morgan fingerprint density at radius 1 is 1.25 bits per heavy atom. The molecule has 106 valence electrons. The Morgan fingerprint density at radius 3 is 2.95 bits per heavy atom. The molecule has 2 aliphatic carbocycles. The number of fused-ring (bicyclic) bond motifs is 1. The SMILES string of the molecule is Oc1cccc(C23CC=CCC2CN(CC2CC2)C3)c1. The Bertz CT molecular complexity index is 534. The summed E-state index contributed by atoms with van der Waals surface area (Å²) in [5, 5.41) is 9.85. The molecule has 1 saturated carbocycles. The number of allylic oxidation sites excluding steroid dienone is 2. The van der Waals surface area contributed by atoms with Crippen LogP contribution in [0.2, 0.25) is 0 Å². The molecule has 1 aromatic rings. The van der Waals surface area contributed by atoms with Crippen LogP contribution in [0.1, 0.15) is 31.2 Å². The van der Waals surface area contributed by atoms with Gasteiger partial charge in [0.2, 0.25) is 0 Å². The number of aromatic hydroxyl groups is 1. The Kier molecular flexibility index (Phi) is 2.88. The third-order valence-electron chi connectivity index (χ3n) is 5.47. The third kappa shape index (κ3) is 2.07. The lowest BCUT2D eigenvalue weighted by molar-refractivity contribution is 0.296. The van der Waals surface area contributed by atoms with E-state index in [0.29, 0.717) is 11.7 Å². The molecular weight excluding hydrogens is 246 g/mol. The van der Waals surface area contributed by atoms with Crippen molar-refractivity contribution in [2.24, 2.45) is 11.8 Å². The maximum absolute atomic E-state index is 9.85. The summed E-state index contributed by atoms with van der Waals surface area (Å²) in [7, 11) is 0. The lowest BCUT2D eigenvalue weighted by atomic mass is 9.67. The van der Waals surface area contributed by atoms with Crippen molar-refractivity contribution in [1.82, 2.24) is 4.90 Å². The molecule has 0 radical (unpaired) electrons. The summed E-state index contributed by atoms with van der Waals surface area (Å²) in [5.74, 6) is 2.09. The fraction of sp³-hybridized carbons (Fsp3) is 0.556. The third-order valence-corrected chi connectivity index (χ3v) is 5.47. The monoisotopic (exact) mass is 269 g/mol. The molecule has 3 aliphatic rings. The fourth-order valence-electron chi connectivity index (χ4n) is 4.23. The molecule has 2 heteroatoms. The molecule has 1 aliphatic heterocycles. The van der Waals surface area contributed by atoms with Crippen LogP contribution in [0, 0.1) is 11.8 Å². The van der Waals surface area contributed by atoms with Crippen LogP contribution < -0.4 is 0 Å². The van der Waals surface area contributed by atoms with Gasteiger partial charge in [-0.2, -0.15) is 0 Å². The van der Waals surface area contributed by atoms with Crippen LogP contribution in [-0.2, 0) is 5.41 Å². The summed E-state index contributed by atoms with van der Waals surface area (Å²) in [6, 6.07) is 7.99. The van der Waals surface area contributed by atoms with E-state index in [1.165, 1.54) is 44.5 Å². The molecule has 20 heavy (non-hydrogen) atoms. The van der Waals surface area contributed by atoms with Crippen molar-refractivity contribution in [2.75, 3.05) is 19.6 Å². The predicted molar refractivity (Wildman–Crippen MR) is 80.8 cm³/mol. The summed E-state index contributed by atoms with van der Waals surface area (Å²) in [5.41, 5.74) is 1.58. The van der Waals surface area contributed by atoms with E-state index in [2.05, 4.69) is 23.1 Å². The maximum atomic E-state index is 9.85. The highest BCUT2D eigenvalue weighted by molar-refractivity contribution is 5.37. The predicted octanol–water partition coefficient (Wildman–Crippen LogP) is 3.32. The van der Waals surface area contributed by atoms with Gasteiger partial charge in [0.25, 0.3) is 0 Å². The molecule has 1 saturated heterocycles. The van der Waals surface area contributed by atoms with Gasteiger partial charge >= 0.3 is 0 Å². The van der Waals surface area contributed by atoms with Gasteiger partial charge in [-0.05, 0) is 55.2 Å². The summed E-state index contributed by atoms with van der Waals surface area (Å²) < 4.78 is 0. The van der Waals surface area contributed by atoms with Gasteiger partial charge in [-0.1, -0.05) is 24.3 Å². The topological polar surface area (TPSA) is 23.5 Å². The molecular formula is C18H23NO. The van der Waals surface area contributed by atoms with Crippen molar-refractivity contribution >= 4 is 0 Å². The Labute approximate surface area is 121 Å². The second kappa shape index (κ2) is 4.63. The second-order valence-electron chi connectivity index (χ2n) is 6.95. The molecule has 0 spiro atoms. The summed E-state index contributed by atoms with van der Waals surface area (Å²) >= 11 is 0. The van der Waals surface area contributed by atoms with Crippen LogP contribution >= 0.6 is 0 Å². The van der Waals surface area contributed by atoms with E-state index in [4.69, 9.17) is 0 Å². The molecule has 2 atom stereocenters. The minimum Gasteiger partial charge on any atom is -0.508 e. The zero-order chi connectivity index (χ0) is 13.6. The number of hydrogen-bond acceptors (Lipinski definition) is 2. The number of benzene rings is 1. The largest absolute Gasteiger partial charge is 0.508 e. The fourth-order valence-corrected chi connectivity index (χ4v) is 4.23. The lowest BCUT2D eigenvalue weighted by Crippen LogP contribution is -2.36. The standard InChI is InChI=1S/C18H23NO/c20-17-6-3-5-15(10-17)18-9-2-1-4-16(18)12-19(13-18)11-14-7-8-14/h1-3,5-6,10,14,16,20H,4,7-9,11-13H2.